The lowest BCUT2D eigenvalue weighted by Gasteiger charge is -2.37. The molecule has 3 heterocycles. The number of nitrogens with two attached hydrogens (primary N) is 1. The van der Waals surface area contributed by atoms with E-state index in [0.29, 0.717) is 5.82 Å². The maximum absolute atomic E-state index is 6.32. The Morgan fingerprint density at radius 3 is 2.38 bits per heavy atom. The van der Waals surface area contributed by atoms with Crippen LogP contribution in [0.3, 0.4) is 0 Å². The molecule has 0 unspecified atom stereocenters. The minimum atomic E-state index is 0. The molecule has 3 aromatic rings. The molecular weight excluding hydrogens is 371 g/mol. The molecule has 0 bridgehead atoms. The van der Waals surface area contributed by atoms with Gasteiger partial charge in [-0.2, -0.15) is 0 Å². The van der Waals surface area contributed by atoms with E-state index in [1.54, 1.807) is 6.26 Å². The SMILES string of the molecule is Cl.Nc1cc(N2CCN(c3ccccc3Cl)CC2)cc(-c2ccco2)n1. The van der Waals surface area contributed by atoms with Gasteiger partial charge >= 0.3 is 0 Å². The van der Waals surface area contributed by atoms with E-state index in [9.17, 15) is 0 Å². The highest BCUT2D eigenvalue weighted by Gasteiger charge is 2.20. The Bertz CT molecular complexity index is 862. The molecule has 1 aliphatic heterocycles. The van der Waals surface area contributed by atoms with Crippen molar-refractivity contribution in [2.24, 2.45) is 0 Å². The van der Waals surface area contributed by atoms with Crippen LogP contribution < -0.4 is 15.5 Å². The van der Waals surface area contributed by atoms with Gasteiger partial charge in [-0.15, -0.1) is 12.4 Å². The second-order valence-electron chi connectivity index (χ2n) is 6.04. The van der Waals surface area contributed by atoms with Gasteiger partial charge in [-0.1, -0.05) is 23.7 Å². The second-order valence-corrected chi connectivity index (χ2v) is 6.45. The summed E-state index contributed by atoms with van der Waals surface area (Å²) in [5.41, 5.74) is 8.92. The van der Waals surface area contributed by atoms with E-state index in [1.807, 2.05) is 42.5 Å². The predicted molar refractivity (Wildman–Crippen MR) is 109 cm³/mol. The molecule has 7 heteroatoms. The van der Waals surface area contributed by atoms with Crippen LogP contribution in [0.4, 0.5) is 17.2 Å². The fourth-order valence-electron chi connectivity index (χ4n) is 3.18. The predicted octanol–water partition coefficient (Wildman–Crippen LogP) is 4.33. The molecule has 4 rings (SSSR count). The molecule has 2 aromatic heterocycles. The van der Waals surface area contributed by atoms with Crippen LogP contribution in [0.2, 0.25) is 5.02 Å². The molecule has 1 fully saturated rings. The first-order valence-corrected chi connectivity index (χ1v) is 8.64. The third-order valence-corrected chi connectivity index (χ3v) is 4.76. The molecule has 1 aromatic carbocycles. The van der Waals surface area contributed by atoms with Gasteiger partial charge in [0.25, 0.3) is 0 Å². The molecule has 0 radical (unpaired) electrons. The standard InChI is InChI=1S/C19H19ClN4O.ClH/c20-15-4-1-2-5-17(15)24-9-7-23(8-10-24)14-12-16(22-19(21)13-14)18-6-3-11-25-18;/h1-6,11-13H,7-10H2,(H2,21,22);1H. The summed E-state index contributed by atoms with van der Waals surface area (Å²) in [6, 6.07) is 15.7. The number of hydrogen-bond donors (Lipinski definition) is 1. The number of hydrogen-bond acceptors (Lipinski definition) is 5. The number of benzene rings is 1. The van der Waals surface area contributed by atoms with Gasteiger partial charge in [0.1, 0.15) is 11.5 Å². The zero-order chi connectivity index (χ0) is 17.2. The van der Waals surface area contributed by atoms with Crippen molar-refractivity contribution in [3.8, 4) is 11.5 Å². The van der Waals surface area contributed by atoms with Crippen LogP contribution in [0, 0.1) is 0 Å². The maximum atomic E-state index is 6.32. The number of nitrogens with zero attached hydrogens (tertiary/aromatic N) is 3. The Hall–Kier alpha value is -2.37. The third-order valence-electron chi connectivity index (χ3n) is 4.44. The summed E-state index contributed by atoms with van der Waals surface area (Å²) < 4.78 is 5.45. The number of rotatable bonds is 3. The molecule has 2 N–H and O–H groups in total. The fourth-order valence-corrected chi connectivity index (χ4v) is 3.44. The Morgan fingerprint density at radius 2 is 1.69 bits per heavy atom. The highest BCUT2D eigenvalue weighted by molar-refractivity contribution is 6.33. The van der Waals surface area contributed by atoms with Crippen LogP contribution in [0.1, 0.15) is 0 Å². The molecule has 0 spiro atoms. The molecule has 0 atom stereocenters. The zero-order valence-electron chi connectivity index (χ0n) is 14.1. The lowest BCUT2D eigenvalue weighted by Crippen LogP contribution is -2.46. The maximum Gasteiger partial charge on any atom is 0.152 e. The van der Waals surface area contributed by atoms with Crippen molar-refractivity contribution in [3.05, 3.63) is 59.8 Å². The third kappa shape index (κ3) is 3.74. The van der Waals surface area contributed by atoms with Crippen LogP contribution in [0.5, 0.6) is 0 Å². The average molecular weight is 391 g/mol. The monoisotopic (exact) mass is 390 g/mol. The van der Waals surface area contributed by atoms with Gasteiger partial charge in [-0.25, -0.2) is 4.98 Å². The normalized spacial score (nSPS) is 14.2. The Balaban J connectivity index is 0.00000196. The van der Waals surface area contributed by atoms with E-state index in [0.717, 1.165) is 54.0 Å². The van der Waals surface area contributed by atoms with Crippen LogP contribution in [0.15, 0.2) is 59.2 Å². The first-order valence-electron chi connectivity index (χ1n) is 8.26. The number of para-hydroxylation sites is 1. The molecule has 1 aliphatic rings. The van der Waals surface area contributed by atoms with E-state index < -0.39 is 0 Å². The summed E-state index contributed by atoms with van der Waals surface area (Å²) in [5, 5.41) is 0.796. The van der Waals surface area contributed by atoms with Crippen molar-refractivity contribution in [1.82, 2.24) is 4.98 Å². The van der Waals surface area contributed by atoms with Crippen molar-refractivity contribution < 1.29 is 4.42 Å². The van der Waals surface area contributed by atoms with E-state index in [2.05, 4.69) is 20.9 Å². The largest absolute Gasteiger partial charge is 0.463 e. The van der Waals surface area contributed by atoms with Crippen molar-refractivity contribution in [2.75, 3.05) is 41.7 Å². The molecule has 136 valence electrons. The lowest BCUT2D eigenvalue weighted by molar-refractivity contribution is 0.580. The van der Waals surface area contributed by atoms with Gasteiger partial charge in [0.2, 0.25) is 0 Å². The molecule has 0 saturated carbocycles. The number of halogens is 2. The van der Waals surface area contributed by atoms with Crippen LogP contribution >= 0.6 is 24.0 Å². The molecule has 5 nitrogen and oxygen atoms in total. The number of furan rings is 1. The summed E-state index contributed by atoms with van der Waals surface area (Å²) in [7, 11) is 0. The number of aromatic nitrogens is 1. The summed E-state index contributed by atoms with van der Waals surface area (Å²) in [6.07, 6.45) is 1.64. The van der Waals surface area contributed by atoms with Crippen LogP contribution in [0.25, 0.3) is 11.5 Å². The smallest absolute Gasteiger partial charge is 0.152 e. The quantitative estimate of drug-likeness (QED) is 0.721. The minimum Gasteiger partial charge on any atom is -0.463 e. The van der Waals surface area contributed by atoms with Crippen LogP contribution in [-0.4, -0.2) is 31.2 Å². The van der Waals surface area contributed by atoms with Crippen LogP contribution in [-0.2, 0) is 0 Å². The molecule has 26 heavy (non-hydrogen) atoms. The molecule has 0 amide bonds. The van der Waals surface area contributed by atoms with Crippen molar-refractivity contribution >= 4 is 41.2 Å². The second kappa shape index (κ2) is 7.89. The average Bonchev–Trinajstić information content (AvgIpc) is 3.17. The van der Waals surface area contributed by atoms with Gasteiger partial charge in [0.15, 0.2) is 5.76 Å². The molecular formula is C19H20Cl2N4O. The molecule has 0 aliphatic carbocycles. The van der Waals surface area contributed by atoms with Gasteiger partial charge in [0, 0.05) is 37.9 Å². The van der Waals surface area contributed by atoms with E-state index >= 15 is 0 Å². The highest BCUT2D eigenvalue weighted by atomic mass is 35.5. The van der Waals surface area contributed by atoms with Gasteiger partial charge in [0.05, 0.1) is 17.0 Å². The minimum absolute atomic E-state index is 0. The highest BCUT2D eigenvalue weighted by Crippen LogP contribution is 2.29. The number of nitrogen functional groups attached to an aromatic ring is 1. The van der Waals surface area contributed by atoms with Gasteiger partial charge in [-0.05, 0) is 30.3 Å². The van der Waals surface area contributed by atoms with Gasteiger partial charge < -0.3 is 20.0 Å². The fraction of sp³-hybridized carbons (Fsp3) is 0.211. The number of anilines is 3. The van der Waals surface area contributed by atoms with E-state index in [1.165, 1.54) is 0 Å². The summed E-state index contributed by atoms with van der Waals surface area (Å²) in [6.45, 7) is 3.60. The van der Waals surface area contributed by atoms with E-state index in [-0.39, 0.29) is 12.4 Å². The molecule has 1 saturated heterocycles. The number of pyridine rings is 1. The summed E-state index contributed by atoms with van der Waals surface area (Å²) >= 11 is 6.32. The van der Waals surface area contributed by atoms with Crippen molar-refractivity contribution in [2.45, 2.75) is 0 Å². The summed E-state index contributed by atoms with van der Waals surface area (Å²) in [5.74, 6) is 1.22. The first-order chi connectivity index (χ1) is 12.2. The van der Waals surface area contributed by atoms with Crippen molar-refractivity contribution in [3.63, 3.8) is 0 Å². The Morgan fingerprint density at radius 1 is 0.962 bits per heavy atom. The topological polar surface area (TPSA) is 58.5 Å². The Kier molecular flexibility index (Phi) is 5.59. The van der Waals surface area contributed by atoms with E-state index in [4.69, 9.17) is 21.8 Å². The lowest BCUT2D eigenvalue weighted by atomic mass is 10.2. The van der Waals surface area contributed by atoms with Crippen molar-refractivity contribution in [1.29, 1.82) is 0 Å². The number of piperazine rings is 1. The summed E-state index contributed by atoms with van der Waals surface area (Å²) in [4.78, 5) is 9.01. The zero-order valence-corrected chi connectivity index (χ0v) is 15.7. The van der Waals surface area contributed by atoms with Gasteiger partial charge in [-0.3, -0.25) is 0 Å². The Labute approximate surface area is 163 Å². The first kappa shape index (κ1) is 18.4.